The summed E-state index contributed by atoms with van der Waals surface area (Å²) in [6.45, 7) is 4.54. The summed E-state index contributed by atoms with van der Waals surface area (Å²) in [6, 6.07) is 13.3. The largest absolute Gasteiger partial charge is 0.484 e. The molecule has 7 nitrogen and oxygen atoms in total. The van der Waals surface area contributed by atoms with E-state index in [4.69, 9.17) is 9.47 Å². The number of thiazole rings is 1. The summed E-state index contributed by atoms with van der Waals surface area (Å²) in [5.74, 6) is 0.987. The maximum atomic E-state index is 12.2. The highest BCUT2D eigenvalue weighted by atomic mass is 32.1. The van der Waals surface area contributed by atoms with E-state index in [0.29, 0.717) is 28.9 Å². The number of hydrogen-bond donors (Lipinski definition) is 1. The Balaban J connectivity index is 1.40. The topological polar surface area (TPSA) is 80.8 Å². The number of benzene rings is 2. The van der Waals surface area contributed by atoms with Gasteiger partial charge < -0.3 is 14.4 Å². The molecule has 0 saturated heterocycles. The van der Waals surface area contributed by atoms with Gasteiger partial charge in [0.05, 0.1) is 11.4 Å². The van der Waals surface area contributed by atoms with Crippen molar-refractivity contribution >= 4 is 34.0 Å². The van der Waals surface area contributed by atoms with Gasteiger partial charge in [-0.1, -0.05) is 19.1 Å². The minimum atomic E-state index is -0.276. The second-order valence-corrected chi connectivity index (χ2v) is 7.84. The SMILES string of the molecule is CCc1ccc(OCC(=O)Nc2nc(-c3ccc4c(c3)N(CC)C(=O)CO4)cs2)cc1. The molecule has 0 atom stereocenters. The van der Waals surface area contributed by atoms with Gasteiger partial charge in [-0.15, -0.1) is 11.3 Å². The lowest BCUT2D eigenvalue weighted by Gasteiger charge is -2.28. The number of aromatic nitrogens is 1. The van der Waals surface area contributed by atoms with Gasteiger partial charge in [-0.25, -0.2) is 4.98 Å². The summed E-state index contributed by atoms with van der Waals surface area (Å²) in [5.41, 5.74) is 3.51. The van der Waals surface area contributed by atoms with Crippen molar-refractivity contribution in [1.29, 1.82) is 0 Å². The van der Waals surface area contributed by atoms with Gasteiger partial charge >= 0.3 is 0 Å². The Hall–Kier alpha value is -3.39. The van der Waals surface area contributed by atoms with Crippen LogP contribution in [-0.4, -0.2) is 36.6 Å². The van der Waals surface area contributed by atoms with Gasteiger partial charge in [-0.05, 0) is 49.2 Å². The lowest BCUT2D eigenvalue weighted by molar-refractivity contribution is -0.121. The monoisotopic (exact) mass is 437 g/mol. The van der Waals surface area contributed by atoms with Crippen molar-refractivity contribution in [2.24, 2.45) is 0 Å². The number of amides is 2. The van der Waals surface area contributed by atoms with E-state index in [9.17, 15) is 9.59 Å². The zero-order valence-corrected chi connectivity index (χ0v) is 18.2. The van der Waals surface area contributed by atoms with E-state index in [2.05, 4.69) is 17.2 Å². The molecule has 1 aliphatic heterocycles. The summed E-state index contributed by atoms with van der Waals surface area (Å²) in [4.78, 5) is 30.5. The van der Waals surface area contributed by atoms with Gasteiger partial charge in [-0.3, -0.25) is 14.9 Å². The van der Waals surface area contributed by atoms with Gasteiger partial charge in [0.15, 0.2) is 18.3 Å². The Morgan fingerprint density at radius 1 is 1.23 bits per heavy atom. The predicted octanol–water partition coefficient (Wildman–Crippen LogP) is 4.14. The maximum Gasteiger partial charge on any atom is 0.265 e. The number of anilines is 2. The van der Waals surface area contributed by atoms with Crippen LogP contribution < -0.4 is 19.7 Å². The van der Waals surface area contributed by atoms with E-state index >= 15 is 0 Å². The lowest BCUT2D eigenvalue weighted by Crippen LogP contribution is -2.38. The molecule has 160 valence electrons. The Kier molecular flexibility index (Phi) is 6.18. The molecule has 2 heterocycles. The Labute approximate surface area is 184 Å². The standard InChI is InChI=1S/C23H23N3O4S/c1-3-15-5-8-17(9-6-15)29-12-21(27)25-23-24-18(14-31-23)16-7-10-20-19(11-16)26(4-2)22(28)13-30-20/h5-11,14H,3-4,12-13H2,1-2H3,(H,24,25,27). The highest BCUT2D eigenvalue weighted by Gasteiger charge is 2.24. The average molecular weight is 438 g/mol. The molecule has 0 aliphatic carbocycles. The van der Waals surface area contributed by atoms with Gasteiger partial charge in [0.25, 0.3) is 11.8 Å². The minimum Gasteiger partial charge on any atom is -0.484 e. The first-order chi connectivity index (χ1) is 15.1. The van der Waals surface area contributed by atoms with E-state index in [1.807, 2.05) is 54.8 Å². The Morgan fingerprint density at radius 3 is 2.77 bits per heavy atom. The summed E-state index contributed by atoms with van der Waals surface area (Å²) in [6.07, 6.45) is 0.956. The van der Waals surface area contributed by atoms with Crippen LogP contribution in [0.4, 0.5) is 10.8 Å². The molecule has 2 aromatic carbocycles. The van der Waals surface area contributed by atoms with Crippen molar-refractivity contribution < 1.29 is 19.1 Å². The van der Waals surface area contributed by atoms with Crippen LogP contribution >= 0.6 is 11.3 Å². The van der Waals surface area contributed by atoms with Crippen molar-refractivity contribution in [3.8, 4) is 22.8 Å². The predicted molar refractivity (Wildman–Crippen MR) is 121 cm³/mol. The molecular weight excluding hydrogens is 414 g/mol. The van der Waals surface area contributed by atoms with Crippen molar-refractivity contribution in [2.75, 3.05) is 30.0 Å². The zero-order chi connectivity index (χ0) is 21.8. The van der Waals surface area contributed by atoms with Crippen LogP contribution in [0.2, 0.25) is 0 Å². The van der Waals surface area contributed by atoms with Crippen molar-refractivity contribution in [3.63, 3.8) is 0 Å². The van der Waals surface area contributed by atoms with E-state index in [1.165, 1.54) is 16.9 Å². The fraction of sp³-hybridized carbons (Fsp3) is 0.261. The number of carbonyl (C=O) groups is 2. The number of fused-ring (bicyclic) bond motifs is 1. The molecule has 1 aliphatic rings. The average Bonchev–Trinajstić information content (AvgIpc) is 3.26. The Bertz CT molecular complexity index is 1090. The van der Waals surface area contributed by atoms with Crippen LogP contribution in [0.25, 0.3) is 11.3 Å². The number of aryl methyl sites for hydroxylation is 1. The summed E-state index contributed by atoms with van der Waals surface area (Å²) in [7, 11) is 0. The van der Waals surface area contributed by atoms with Crippen LogP contribution in [-0.2, 0) is 16.0 Å². The zero-order valence-electron chi connectivity index (χ0n) is 17.4. The number of nitrogens with one attached hydrogen (secondary N) is 1. The number of likely N-dealkylation sites (N-methyl/N-ethyl adjacent to an activating group) is 1. The molecule has 4 rings (SSSR count). The van der Waals surface area contributed by atoms with Crippen LogP contribution in [0.3, 0.4) is 0 Å². The third-order valence-electron chi connectivity index (χ3n) is 4.97. The summed E-state index contributed by atoms with van der Waals surface area (Å²) >= 11 is 1.33. The van der Waals surface area contributed by atoms with Crippen LogP contribution in [0.1, 0.15) is 19.4 Å². The molecule has 0 saturated carbocycles. The van der Waals surface area contributed by atoms with E-state index in [0.717, 1.165) is 17.7 Å². The second-order valence-electron chi connectivity index (χ2n) is 6.98. The molecule has 2 amide bonds. The van der Waals surface area contributed by atoms with Gasteiger partial charge in [0, 0.05) is 17.5 Å². The number of carbonyl (C=O) groups excluding carboxylic acids is 2. The van der Waals surface area contributed by atoms with Crippen molar-refractivity contribution in [3.05, 3.63) is 53.4 Å². The van der Waals surface area contributed by atoms with Crippen molar-refractivity contribution in [2.45, 2.75) is 20.3 Å². The molecular formula is C23H23N3O4S. The number of ether oxygens (including phenoxy) is 2. The van der Waals surface area contributed by atoms with Gasteiger partial charge in [0.1, 0.15) is 11.5 Å². The first-order valence-corrected chi connectivity index (χ1v) is 11.0. The Morgan fingerprint density at radius 2 is 2.03 bits per heavy atom. The molecule has 0 unspecified atom stereocenters. The third kappa shape index (κ3) is 4.69. The molecule has 0 bridgehead atoms. The second kappa shape index (κ2) is 9.18. The van der Waals surface area contributed by atoms with Crippen LogP contribution in [0, 0.1) is 0 Å². The molecule has 0 radical (unpaired) electrons. The summed E-state index contributed by atoms with van der Waals surface area (Å²) < 4.78 is 11.1. The molecule has 31 heavy (non-hydrogen) atoms. The fourth-order valence-electron chi connectivity index (χ4n) is 3.30. The van der Waals surface area contributed by atoms with Gasteiger partial charge in [0.2, 0.25) is 0 Å². The van der Waals surface area contributed by atoms with Crippen LogP contribution in [0.15, 0.2) is 47.8 Å². The van der Waals surface area contributed by atoms with E-state index in [1.54, 1.807) is 4.90 Å². The number of hydrogen-bond acceptors (Lipinski definition) is 6. The maximum absolute atomic E-state index is 12.2. The number of nitrogens with zero attached hydrogens (tertiary/aromatic N) is 2. The first kappa shape index (κ1) is 20.9. The quantitative estimate of drug-likeness (QED) is 0.601. The molecule has 0 spiro atoms. The smallest absolute Gasteiger partial charge is 0.265 e. The van der Waals surface area contributed by atoms with E-state index in [-0.39, 0.29) is 25.0 Å². The third-order valence-corrected chi connectivity index (χ3v) is 5.72. The molecule has 3 aromatic rings. The van der Waals surface area contributed by atoms with Crippen molar-refractivity contribution in [1.82, 2.24) is 4.98 Å². The summed E-state index contributed by atoms with van der Waals surface area (Å²) in [5, 5.41) is 5.12. The lowest BCUT2D eigenvalue weighted by atomic mass is 10.1. The highest BCUT2D eigenvalue weighted by Crippen LogP contribution is 2.36. The normalized spacial score (nSPS) is 12.8. The van der Waals surface area contributed by atoms with Crippen LogP contribution in [0.5, 0.6) is 11.5 Å². The highest BCUT2D eigenvalue weighted by molar-refractivity contribution is 7.14. The minimum absolute atomic E-state index is 0.0535. The van der Waals surface area contributed by atoms with E-state index < -0.39 is 0 Å². The molecule has 0 fully saturated rings. The fourth-order valence-corrected chi connectivity index (χ4v) is 4.03. The first-order valence-electron chi connectivity index (χ1n) is 10.1. The number of rotatable bonds is 7. The molecule has 8 heteroatoms. The molecule has 1 aromatic heterocycles. The molecule has 1 N–H and O–H groups in total. The van der Waals surface area contributed by atoms with Gasteiger partial charge in [-0.2, -0.15) is 0 Å².